The van der Waals surface area contributed by atoms with Gasteiger partial charge in [-0.25, -0.2) is 0 Å². The van der Waals surface area contributed by atoms with E-state index >= 15 is 0 Å². The fourth-order valence-electron chi connectivity index (χ4n) is 3.33. The topological polar surface area (TPSA) is 161 Å². The predicted molar refractivity (Wildman–Crippen MR) is 116 cm³/mol. The van der Waals surface area contributed by atoms with Gasteiger partial charge in [-0.05, 0) is 11.6 Å². The molecule has 11 heteroatoms. The molecule has 0 radical (unpaired) electrons. The Bertz CT molecular complexity index is 1010. The molecule has 0 amide bonds. The van der Waals surface area contributed by atoms with E-state index in [-0.39, 0.29) is 17.2 Å². The van der Waals surface area contributed by atoms with Crippen LogP contribution in [0.15, 0.2) is 36.4 Å². The molecule has 1 aliphatic heterocycles. The van der Waals surface area contributed by atoms with E-state index in [0.29, 0.717) is 16.9 Å². The molecule has 1 unspecified atom stereocenters. The summed E-state index contributed by atoms with van der Waals surface area (Å²) in [5.41, 5.74) is 0.887. The molecule has 0 aromatic heterocycles. The molecule has 3 rings (SSSR count). The van der Waals surface area contributed by atoms with Crippen LogP contribution in [-0.4, -0.2) is 76.9 Å². The monoisotopic (exact) mass is 463 g/mol. The third kappa shape index (κ3) is 5.41. The molecular weight excluding hydrogens is 438 g/mol. The van der Waals surface area contributed by atoms with E-state index in [2.05, 4.69) is 0 Å². The number of methoxy groups -OCH3 is 2. The van der Waals surface area contributed by atoms with Crippen LogP contribution in [0, 0.1) is 10.1 Å². The summed E-state index contributed by atoms with van der Waals surface area (Å²) in [5.74, 6) is 0.751. The number of aliphatic hydroxyl groups excluding tert-OH is 4. The molecule has 1 heterocycles. The number of nitrogens with zero attached hydrogens (tertiary/aromatic N) is 1. The molecule has 1 fully saturated rings. The van der Waals surface area contributed by atoms with E-state index in [4.69, 9.17) is 18.9 Å². The van der Waals surface area contributed by atoms with Gasteiger partial charge in [-0.15, -0.1) is 0 Å². The van der Waals surface area contributed by atoms with Gasteiger partial charge in [-0.3, -0.25) is 10.1 Å². The van der Waals surface area contributed by atoms with E-state index in [9.17, 15) is 30.5 Å². The van der Waals surface area contributed by atoms with Gasteiger partial charge < -0.3 is 39.4 Å². The summed E-state index contributed by atoms with van der Waals surface area (Å²) in [6.07, 6.45) is -4.15. The summed E-state index contributed by atoms with van der Waals surface area (Å²) >= 11 is 0. The number of nitro groups is 1. The van der Waals surface area contributed by atoms with E-state index in [1.807, 2.05) is 0 Å². The maximum Gasteiger partial charge on any atom is 0.270 e. The molecule has 0 aliphatic carbocycles. The minimum Gasteiger partial charge on any atom is -0.497 e. The lowest BCUT2D eigenvalue weighted by Gasteiger charge is -2.39. The standard InChI is InChI=1S/C22H25NO10/c1-30-15-9-13(7-6-12-4-3-5-14(8-12)23(28)29)21(16(10-15)31-2)33-22-20(27)19(26)18(25)17(11-24)32-22/h3-10,17-20,22,24-27H,11H2,1-2H3/b7-6+/t17-,18-,19+,20?,22+/m1/s1. The van der Waals surface area contributed by atoms with Gasteiger partial charge in [0, 0.05) is 23.8 Å². The molecule has 11 nitrogen and oxygen atoms in total. The lowest BCUT2D eigenvalue weighted by atomic mass is 9.99. The van der Waals surface area contributed by atoms with E-state index in [1.165, 1.54) is 32.4 Å². The molecule has 4 N–H and O–H groups in total. The molecule has 2 aromatic rings. The van der Waals surface area contributed by atoms with E-state index in [0.717, 1.165) is 0 Å². The van der Waals surface area contributed by atoms with Crippen molar-refractivity contribution in [1.29, 1.82) is 0 Å². The summed E-state index contributed by atoms with van der Waals surface area (Å²) in [7, 11) is 2.85. The fourth-order valence-corrected chi connectivity index (χ4v) is 3.33. The van der Waals surface area contributed by atoms with Crippen LogP contribution < -0.4 is 14.2 Å². The minimum atomic E-state index is -1.62. The van der Waals surface area contributed by atoms with Crippen molar-refractivity contribution < 1.29 is 44.3 Å². The molecule has 1 aliphatic rings. The van der Waals surface area contributed by atoms with Gasteiger partial charge in [0.25, 0.3) is 5.69 Å². The number of aliphatic hydroxyl groups is 4. The molecule has 0 bridgehead atoms. The summed E-state index contributed by atoms with van der Waals surface area (Å²) in [5, 5.41) is 50.8. The van der Waals surface area contributed by atoms with Gasteiger partial charge in [-0.1, -0.05) is 24.3 Å². The average Bonchev–Trinajstić information content (AvgIpc) is 2.83. The fraction of sp³-hybridized carbons (Fsp3) is 0.364. The molecule has 2 aromatic carbocycles. The number of rotatable bonds is 8. The number of ether oxygens (including phenoxy) is 4. The lowest BCUT2D eigenvalue weighted by Crippen LogP contribution is -2.60. The molecule has 5 atom stereocenters. The minimum absolute atomic E-state index is 0.0711. The quantitative estimate of drug-likeness (QED) is 0.252. The van der Waals surface area contributed by atoms with Crippen molar-refractivity contribution in [2.45, 2.75) is 30.7 Å². The summed E-state index contributed by atoms with van der Waals surface area (Å²) in [6.45, 7) is -0.607. The maximum absolute atomic E-state index is 11.0. The molecule has 1 saturated heterocycles. The molecule has 178 valence electrons. The first-order chi connectivity index (χ1) is 15.8. The average molecular weight is 463 g/mol. The Labute approximate surface area is 189 Å². The molecule has 33 heavy (non-hydrogen) atoms. The van der Waals surface area contributed by atoms with Gasteiger partial charge in [0.2, 0.25) is 6.29 Å². The van der Waals surface area contributed by atoms with E-state index in [1.54, 1.807) is 30.4 Å². The Balaban J connectivity index is 1.99. The first kappa shape index (κ1) is 24.4. The van der Waals surface area contributed by atoms with Crippen LogP contribution >= 0.6 is 0 Å². The van der Waals surface area contributed by atoms with Gasteiger partial charge >= 0.3 is 0 Å². The van der Waals surface area contributed by atoms with Crippen molar-refractivity contribution >= 4 is 17.8 Å². The lowest BCUT2D eigenvalue weighted by molar-refractivity contribution is -0.384. The van der Waals surface area contributed by atoms with Gasteiger partial charge in [0.05, 0.1) is 25.7 Å². The van der Waals surface area contributed by atoms with Crippen molar-refractivity contribution in [1.82, 2.24) is 0 Å². The largest absolute Gasteiger partial charge is 0.497 e. The highest BCUT2D eigenvalue weighted by Crippen LogP contribution is 2.39. The highest BCUT2D eigenvalue weighted by Gasteiger charge is 2.45. The zero-order valence-electron chi connectivity index (χ0n) is 17.9. The molecule has 0 spiro atoms. The van der Waals surface area contributed by atoms with Crippen LogP contribution in [0.5, 0.6) is 17.2 Å². The van der Waals surface area contributed by atoms with Gasteiger partial charge in [0.15, 0.2) is 11.5 Å². The zero-order chi connectivity index (χ0) is 24.1. The zero-order valence-corrected chi connectivity index (χ0v) is 17.9. The van der Waals surface area contributed by atoms with Crippen LogP contribution in [0.2, 0.25) is 0 Å². The Morgan fingerprint density at radius 3 is 2.45 bits per heavy atom. The third-order valence-electron chi connectivity index (χ3n) is 5.13. The van der Waals surface area contributed by atoms with Crippen molar-refractivity contribution in [2.75, 3.05) is 20.8 Å². The van der Waals surface area contributed by atoms with Gasteiger partial charge in [-0.2, -0.15) is 0 Å². The van der Waals surface area contributed by atoms with Crippen LogP contribution in [-0.2, 0) is 4.74 Å². The Kier molecular flexibility index (Phi) is 7.84. The number of hydrogen-bond acceptors (Lipinski definition) is 10. The molecular formula is C22H25NO10. The van der Waals surface area contributed by atoms with Crippen molar-refractivity contribution in [3.05, 3.63) is 57.6 Å². The Hall–Kier alpha value is -3.22. The first-order valence-electron chi connectivity index (χ1n) is 9.94. The van der Waals surface area contributed by atoms with Crippen molar-refractivity contribution in [2.24, 2.45) is 0 Å². The summed E-state index contributed by atoms with van der Waals surface area (Å²) in [6, 6.07) is 9.14. The smallest absolute Gasteiger partial charge is 0.270 e. The first-order valence-corrected chi connectivity index (χ1v) is 9.94. The second-order valence-electron chi connectivity index (χ2n) is 7.25. The number of nitro benzene ring substituents is 1. The van der Waals surface area contributed by atoms with Crippen LogP contribution in [0.1, 0.15) is 11.1 Å². The predicted octanol–water partition coefficient (Wildman–Crippen LogP) is 0.961. The van der Waals surface area contributed by atoms with Gasteiger partial charge in [0.1, 0.15) is 30.2 Å². The Morgan fingerprint density at radius 1 is 1.06 bits per heavy atom. The second kappa shape index (κ2) is 10.6. The van der Waals surface area contributed by atoms with Crippen LogP contribution in [0.25, 0.3) is 12.2 Å². The SMILES string of the molecule is COc1cc(/C=C/c2cccc([N+](=O)[O-])c2)c(O[C@@H]2O[C@H](CO)[C@@H](O)[C@H](O)C2O)c(OC)c1. The summed E-state index contributed by atoms with van der Waals surface area (Å²) < 4.78 is 21.9. The molecule has 0 saturated carbocycles. The second-order valence-corrected chi connectivity index (χ2v) is 7.25. The van der Waals surface area contributed by atoms with Crippen molar-refractivity contribution in [3.63, 3.8) is 0 Å². The van der Waals surface area contributed by atoms with Crippen LogP contribution in [0.4, 0.5) is 5.69 Å². The Morgan fingerprint density at radius 2 is 1.82 bits per heavy atom. The van der Waals surface area contributed by atoms with Crippen molar-refractivity contribution in [3.8, 4) is 17.2 Å². The van der Waals surface area contributed by atoms with Crippen LogP contribution in [0.3, 0.4) is 0 Å². The third-order valence-corrected chi connectivity index (χ3v) is 5.13. The normalized spacial score (nSPS) is 25.1. The highest BCUT2D eigenvalue weighted by atomic mass is 16.7. The van der Waals surface area contributed by atoms with E-state index < -0.39 is 42.2 Å². The summed E-state index contributed by atoms with van der Waals surface area (Å²) in [4.78, 5) is 10.5. The number of non-ortho nitro benzene ring substituents is 1. The highest BCUT2D eigenvalue weighted by molar-refractivity contribution is 5.76. The number of hydrogen-bond donors (Lipinski definition) is 4. The maximum atomic E-state index is 11.0. The number of benzene rings is 2.